The summed E-state index contributed by atoms with van der Waals surface area (Å²) in [6.07, 6.45) is 5.03. The van der Waals surface area contributed by atoms with Crippen LogP contribution in [0.1, 0.15) is 38.5 Å². The molecule has 2 fully saturated rings. The van der Waals surface area contributed by atoms with Crippen LogP contribution in [0.2, 0.25) is 0 Å². The Kier molecular flexibility index (Phi) is 4.54. The van der Waals surface area contributed by atoms with Crippen molar-refractivity contribution < 1.29 is 9.18 Å². The highest BCUT2D eigenvalue weighted by atomic mass is 19.1. The summed E-state index contributed by atoms with van der Waals surface area (Å²) in [7, 11) is 0. The van der Waals surface area contributed by atoms with Gasteiger partial charge in [0.05, 0.1) is 19.2 Å². The molecule has 1 saturated heterocycles. The van der Waals surface area contributed by atoms with E-state index in [0.717, 1.165) is 12.8 Å². The van der Waals surface area contributed by atoms with E-state index in [9.17, 15) is 9.18 Å². The second-order valence-electron chi connectivity index (χ2n) is 5.24. The molecule has 1 heterocycles. The second-order valence-corrected chi connectivity index (χ2v) is 5.24. The summed E-state index contributed by atoms with van der Waals surface area (Å²) in [5.41, 5.74) is 0. The third-order valence-electron chi connectivity index (χ3n) is 3.87. The minimum atomic E-state index is -1.05. The summed E-state index contributed by atoms with van der Waals surface area (Å²) in [5, 5.41) is 12.1. The Hall–Kier alpha value is -1.15. The first-order chi connectivity index (χ1) is 8.70. The van der Waals surface area contributed by atoms with E-state index >= 15 is 0 Å². The third kappa shape index (κ3) is 3.20. The van der Waals surface area contributed by atoms with Crippen molar-refractivity contribution in [3.8, 4) is 6.07 Å². The lowest BCUT2D eigenvalue weighted by Crippen LogP contribution is -2.44. The molecule has 2 atom stereocenters. The maximum absolute atomic E-state index is 13.2. The van der Waals surface area contributed by atoms with Crippen molar-refractivity contribution in [1.82, 2.24) is 10.2 Å². The zero-order valence-electron chi connectivity index (χ0n) is 10.6. The lowest BCUT2D eigenvalue weighted by molar-refractivity contribution is -0.130. The summed E-state index contributed by atoms with van der Waals surface area (Å²) in [5.74, 6) is -0.146. The molecule has 1 saturated carbocycles. The van der Waals surface area contributed by atoms with Crippen molar-refractivity contribution in [2.24, 2.45) is 0 Å². The van der Waals surface area contributed by atoms with E-state index in [4.69, 9.17) is 5.26 Å². The third-order valence-corrected chi connectivity index (χ3v) is 3.87. The van der Waals surface area contributed by atoms with Gasteiger partial charge in [0.1, 0.15) is 12.2 Å². The first-order valence-electron chi connectivity index (χ1n) is 6.77. The van der Waals surface area contributed by atoms with Gasteiger partial charge in [0.2, 0.25) is 5.91 Å². The molecule has 2 rings (SSSR count). The SMILES string of the molecule is N#CC1CC(F)CN1C(=O)CNC1CCCCC1. The maximum atomic E-state index is 13.2. The highest BCUT2D eigenvalue weighted by Crippen LogP contribution is 2.20. The van der Waals surface area contributed by atoms with Crippen molar-refractivity contribution in [2.45, 2.75) is 56.8 Å². The number of hydrogen-bond acceptors (Lipinski definition) is 3. The van der Waals surface area contributed by atoms with Gasteiger partial charge >= 0.3 is 0 Å². The van der Waals surface area contributed by atoms with Crippen LogP contribution in [0.4, 0.5) is 4.39 Å². The van der Waals surface area contributed by atoms with Crippen LogP contribution < -0.4 is 5.32 Å². The van der Waals surface area contributed by atoms with Crippen molar-refractivity contribution in [1.29, 1.82) is 5.26 Å². The van der Waals surface area contributed by atoms with Crippen molar-refractivity contribution in [3.63, 3.8) is 0 Å². The van der Waals surface area contributed by atoms with Crippen LogP contribution in [0.25, 0.3) is 0 Å². The van der Waals surface area contributed by atoms with E-state index in [-0.39, 0.29) is 25.4 Å². The van der Waals surface area contributed by atoms with E-state index in [1.165, 1.54) is 24.2 Å². The van der Waals surface area contributed by atoms with Crippen LogP contribution in [0.15, 0.2) is 0 Å². The number of alkyl halides is 1. The van der Waals surface area contributed by atoms with Gasteiger partial charge in [0.15, 0.2) is 0 Å². The number of likely N-dealkylation sites (tertiary alicyclic amines) is 1. The van der Waals surface area contributed by atoms with Gasteiger partial charge in [-0.2, -0.15) is 5.26 Å². The van der Waals surface area contributed by atoms with Gasteiger partial charge in [0, 0.05) is 12.5 Å². The fraction of sp³-hybridized carbons (Fsp3) is 0.846. The molecule has 0 aromatic carbocycles. The van der Waals surface area contributed by atoms with E-state index in [0.29, 0.717) is 6.04 Å². The predicted octanol–water partition coefficient (Wildman–Crippen LogP) is 1.37. The highest BCUT2D eigenvalue weighted by Gasteiger charge is 2.35. The van der Waals surface area contributed by atoms with Crippen LogP contribution in [-0.2, 0) is 4.79 Å². The Morgan fingerprint density at radius 2 is 2.11 bits per heavy atom. The Morgan fingerprint density at radius 3 is 2.78 bits per heavy atom. The van der Waals surface area contributed by atoms with E-state index in [1.54, 1.807) is 0 Å². The monoisotopic (exact) mass is 253 g/mol. The number of rotatable bonds is 3. The van der Waals surface area contributed by atoms with Gasteiger partial charge in [-0.3, -0.25) is 4.79 Å². The van der Waals surface area contributed by atoms with Crippen LogP contribution >= 0.6 is 0 Å². The summed E-state index contributed by atoms with van der Waals surface area (Å²) < 4.78 is 13.2. The molecule has 2 unspecified atom stereocenters. The first kappa shape index (κ1) is 13.3. The second kappa shape index (κ2) is 6.14. The molecular weight excluding hydrogens is 233 g/mol. The maximum Gasteiger partial charge on any atom is 0.237 e. The number of nitriles is 1. The molecule has 100 valence electrons. The fourth-order valence-electron chi connectivity index (χ4n) is 2.82. The smallest absolute Gasteiger partial charge is 0.237 e. The summed E-state index contributed by atoms with van der Waals surface area (Å²) in [6, 6.07) is 1.83. The Morgan fingerprint density at radius 1 is 1.39 bits per heavy atom. The highest BCUT2D eigenvalue weighted by molar-refractivity contribution is 5.79. The quantitative estimate of drug-likeness (QED) is 0.826. The molecule has 1 amide bonds. The summed E-state index contributed by atoms with van der Waals surface area (Å²) in [4.78, 5) is 13.3. The number of halogens is 1. The lowest BCUT2D eigenvalue weighted by Gasteiger charge is -2.25. The lowest BCUT2D eigenvalue weighted by atomic mass is 9.95. The van der Waals surface area contributed by atoms with Crippen LogP contribution in [0, 0.1) is 11.3 Å². The average Bonchev–Trinajstić information content (AvgIpc) is 2.78. The molecule has 1 aliphatic carbocycles. The molecule has 0 bridgehead atoms. The molecule has 18 heavy (non-hydrogen) atoms. The van der Waals surface area contributed by atoms with Crippen molar-refractivity contribution in [3.05, 3.63) is 0 Å². The number of carbonyl (C=O) groups is 1. The van der Waals surface area contributed by atoms with Gasteiger partial charge < -0.3 is 10.2 Å². The minimum absolute atomic E-state index is 0.0728. The van der Waals surface area contributed by atoms with Gasteiger partial charge in [-0.1, -0.05) is 19.3 Å². The molecular formula is C13H20FN3O. The summed E-state index contributed by atoms with van der Waals surface area (Å²) in [6.45, 7) is 0.305. The number of amides is 1. The number of nitrogens with zero attached hydrogens (tertiary/aromatic N) is 2. The fourth-order valence-corrected chi connectivity index (χ4v) is 2.82. The molecule has 5 heteroatoms. The minimum Gasteiger partial charge on any atom is -0.323 e. The molecule has 1 aliphatic heterocycles. The molecule has 0 aromatic rings. The topological polar surface area (TPSA) is 56.1 Å². The Labute approximate surface area is 107 Å². The first-order valence-corrected chi connectivity index (χ1v) is 6.77. The van der Waals surface area contributed by atoms with Crippen LogP contribution in [0.3, 0.4) is 0 Å². The number of nitrogens with one attached hydrogen (secondary N) is 1. The average molecular weight is 253 g/mol. The van der Waals surface area contributed by atoms with Crippen LogP contribution in [-0.4, -0.2) is 42.2 Å². The number of hydrogen-bond donors (Lipinski definition) is 1. The standard InChI is InChI=1S/C13H20FN3O/c14-10-6-12(7-15)17(9-10)13(18)8-16-11-4-2-1-3-5-11/h10-12,16H,1-6,8-9H2. The zero-order valence-corrected chi connectivity index (χ0v) is 10.6. The largest absolute Gasteiger partial charge is 0.323 e. The Bertz CT molecular complexity index is 336. The predicted molar refractivity (Wildman–Crippen MR) is 65.5 cm³/mol. The van der Waals surface area contributed by atoms with Gasteiger partial charge in [-0.25, -0.2) is 4.39 Å². The molecule has 1 N–H and O–H groups in total. The molecule has 4 nitrogen and oxygen atoms in total. The zero-order chi connectivity index (χ0) is 13.0. The molecule has 2 aliphatic rings. The molecule has 0 aromatic heterocycles. The van der Waals surface area contributed by atoms with Gasteiger partial charge in [-0.15, -0.1) is 0 Å². The number of carbonyl (C=O) groups excluding carboxylic acids is 1. The van der Waals surface area contributed by atoms with Crippen molar-refractivity contribution in [2.75, 3.05) is 13.1 Å². The van der Waals surface area contributed by atoms with E-state index < -0.39 is 12.2 Å². The Balaban J connectivity index is 1.78. The summed E-state index contributed by atoms with van der Waals surface area (Å²) >= 11 is 0. The molecule has 0 spiro atoms. The van der Waals surface area contributed by atoms with Gasteiger partial charge in [-0.05, 0) is 12.8 Å². The van der Waals surface area contributed by atoms with Gasteiger partial charge in [0.25, 0.3) is 0 Å². The normalized spacial score (nSPS) is 29.2. The van der Waals surface area contributed by atoms with Crippen LogP contribution in [0.5, 0.6) is 0 Å². The van der Waals surface area contributed by atoms with E-state index in [1.807, 2.05) is 6.07 Å². The molecule has 0 radical (unpaired) electrons. The van der Waals surface area contributed by atoms with E-state index in [2.05, 4.69) is 5.32 Å². The van der Waals surface area contributed by atoms with Crippen molar-refractivity contribution >= 4 is 5.91 Å².